The van der Waals surface area contributed by atoms with Gasteiger partial charge in [0.1, 0.15) is 0 Å². The quantitative estimate of drug-likeness (QED) is 0.779. The van der Waals surface area contributed by atoms with E-state index in [9.17, 15) is 0 Å². The summed E-state index contributed by atoms with van der Waals surface area (Å²) in [7, 11) is 0. The highest BCUT2D eigenvalue weighted by molar-refractivity contribution is 6.18. The Morgan fingerprint density at radius 1 is 1.30 bits per heavy atom. The van der Waals surface area contributed by atoms with Gasteiger partial charge in [-0.3, -0.25) is 4.68 Å². The van der Waals surface area contributed by atoms with Gasteiger partial charge in [-0.25, -0.2) is 0 Å². The average molecular weight is 298 g/mol. The van der Waals surface area contributed by atoms with Crippen LogP contribution >= 0.6 is 11.6 Å². The van der Waals surface area contributed by atoms with Crippen LogP contribution in [0, 0.1) is 11.8 Å². The molecule has 0 aliphatic heterocycles. The molecule has 1 N–H and O–H groups in total. The minimum Gasteiger partial charge on any atom is -0.311 e. The number of hydrogen-bond acceptors (Lipinski definition) is 2. The van der Waals surface area contributed by atoms with Crippen molar-refractivity contribution in [2.75, 3.05) is 12.4 Å². The Balaban J connectivity index is 1.84. The lowest BCUT2D eigenvalue weighted by Gasteiger charge is -2.30. The first-order valence-electron chi connectivity index (χ1n) is 8.10. The summed E-state index contributed by atoms with van der Waals surface area (Å²) in [5.41, 5.74) is 2.50. The van der Waals surface area contributed by atoms with E-state index < -0.39 is 0 Å². The number of aryl methyl sites for hydroxylation is 2. The highest BCUT2D eigenvalue weighted by Crippen LogP contribution is 2.30. The summed E-state index contributed by atoms with van der Waals surface area (Å²) in [6, 6.07) is 2.23. The monoisotopic (exact) mass is 297 g/mol. The largest absolute Gasteiger partial charge is 0.311 e. The molecule has 1 saturated carbocycles. The molecule has 0 spiro atoms. The molecule has 1 aliphatic carbocycles. The van der Waals surface area contributed by atoms with E-state index in [1.54, 1.807) is 0 Å². The third kappa shape index (κ3) is 3.98. The predicted molar refractivity (Wildman–Crippen MR) is 85.2 cm³/mol. The van der Waals surface area contributed by atoms with Crippen molar-refractivity contribution in [1.82, 2.24) is 15.1 Å². The zero-order chi connectivity index (χ0) is 14.4. The van der Waals surface area contributed by atoms with E-state index in [4.69, 9.17) is 11.6 Å². The Labute approximate surface area is 128 Å². The second kappa shape index (κ2) is 8.04. The van der Waals surface area contributed by atoms with E-state index in [2.05, 4.69) is 35.0 Å². The summed E-state index contributed by atoms with van der Waals surface area (Å²) in [6.07, 6.45) is 6.38. The minimum atomic E-state index is 0.709. The first-order valence-corrected chi connectivity index (χ1v) is 8.64. The molecule has 2 rings (SSSR count). The average Bonchev–Trinajstić information content (AvgIpc) is 2.90. The van der Waals surface area contributed by atoms with Crippen LogP contribution in [0.2, 0.25) is 0 Å². The molecule has 1 aromatic rings. The lowest BCUT2D eigenvalue weighted by molar-refractivity contribution is 0.250. The van der Waals surface area contributed by atoms with Crippen LogP contribution in [0.5, 0.6) is 0 Å². The number of alkyl halides is 1. The van der Waals surface area contributed by atoms with Crippen LogP contribution < -0.4 is 5.32 Å². The molecule has 0 saturated heterocycles. The molecule has 3 nitrogen and oxygen atoms in total. The third-order valence-electron chi connectivity index (χ3n) is 4.55. The smallest absolute Gasteiger partial charge is 0.0625 e. The molecular formula is C16H28ClN3. The Bertz CT molecular complexity index is 402. The van der Waals surface area contributed by atoms with Crippen LogP contribution in [0.3, 0.4) is 0 Å². The molecule has 0 aromatic carbocycles. The summed E-state index contributed by atoms with van der Waals surface area (Å²) in [6.45, 7) is 7.28. The molecule has 0 bridgehead atoms. The minimum absolute atomic E-state index is 0.709. The van der Waals surface area contributed by atoms with Gasteiger partial charge in [-0.15, -0.1) is 11.6 Å². The van der Waals surface area contributed by atoms with Gasteiger partial charge in [0.15, 0.2) is 0 Å². The van der Waals surface area contributed by atoms with Crippen molar-refractivity contribution in [1.29, 1.82) is 0 Å². The Morgan fingerprint density at radius 2 is 2.05 bits per heavy atom. The lowest BCUT2D eigenvalue weighted by atomic mass is 9.80. The standard InChI is InChI=1S/C16H28ClN3/c1-3-15-9-16(20(4-2)19-15)12-18-11-14-8-6-5-7-13(14)10-17/h9,13-14,18H,3-8,10-12H2,1-2H3. The molecule has 4 heteroatoms. The number of rotatable bonds is 7. The number of halogens is 1. The molecule has 0 radical (unpaired) electrons. The van der Waals surface area contributed by atoms with Crippen LogP contribution in [0.1, 0.15) is 50.9 Å². The topological polar surface area (TPSA) is 29.9 Å². The van der Waals surface area contributed by atoms with Crippen LogP contribution in [-0.4, -0.2) is 22.2 Å². The first kappa shape index (κ1) is 15.8. The highest BCUT2D eigenvalue weighted by Gasteiger charge is 2.23. The molecule has 1 aromatic heterocycles. The van der Waals surface area contributed by atoms with Gasteiger partial charge in [-0.1, -0.05) is 19.8 Å². The third-order valence-corrected chi connectivity index (χ3v) is 4.95. The fourth-order valence-corrected chi connectivity index (χ4v) is 3.65. The maximum absolute atomic E-state index is 6.10. The van der Waals surface area contributed by atoms with Crippen molar-refractivity contribution in [3.05, 3.63) is 17.5 Å². The summed E-state index contributed by atoms with van der Waals surface area (Å²) in [4.78, 5) is 0. The number of nitrogens with zero attached hydrogens (tertiary/aromatic N) is 2. The van der Waals surface area contributed by atoms with Crippen molar-refractivity contribution in [2.24, 2.45) is 11.8 Å². The number of hydrogen-bond donors (Lipinski definition) is 1. The van der Waals surface area contributed by atoms with E-state index in [1.807, 2.05) is 0 Å². The summed E-state index contributed by atoms with van der Waals surface area (Å²) in [5, 5.41) is 8.23. The van der Waals surface area contributed by atoms with Crippen molar-refractivity contribution in [2.45, 2.75) is 59.0 Å². The first-order chi connectivity index (χ1) is 9.78. The molecule has 1 fully saturated rings. The Kier molecular flexibility index (Phi) is 6.37. The Morgan fingerprint density at radius 3 is 2.70 bits per heavy atom. The fourth-order valence-electron chi connectivity index (χ4n) is 3.25. The van der Waals surface area contributed by atoms with Crippen molar-refractivity contribution in [3.63, 3.8) is 0 Å². The zero-order valence-corrected chi connectivity index (χ0v) is 13.6. The molecule has 0 amide bonds. The van der Waals surface area contributed by atoms with Crippen LogP contribution in [0.25, 0.3) is 0 Å². The molecule has 2 atom stereocenters. The predicted octanol–water partition coefficient (Wildman–Crippen LogP) is 3.60. The maximum atomic E-state index is 6.10. The van der Waals surface area contributed by atoms with Crippen LogP contribution in [-0.2, 0) is 19.5 Å². The highest BCUT2D eigenvalue weighted by atomic mass is 35.5. The molecule has 1 aliphatic rings. The van der Waals surface area contributed by atoms with E-state index in [-0.39, 0.29) is 0 Å². The molecule has 20 heavy (non-hydrogen) atoms. The van der Waals surface area contributed by atoms with Crippen molar-refractivity contribution >= 4 is 11.6 Å². The van der Waals surface area contributed by atoms with E-state index in [1.165, 1.54) is 37.1 Å². The van der Waals surface area contributed by atoms with E-state index in [0.29, 0.717) is 5.92 Å². The van der Waals surface area contributed by atoms with E-state index >= 15 is 0 Å². The van der Waals surface area contributed by atoms with Crippen LogP contribution in [0.15, 0.2) is 6.07 Å². The zero-order valence-electron chi connectivity index (χ0n) is 12.9. The molecule has 2 unspecified atom stereocenters. The SMILES string of the molecule is CCc1cc(CNCC2CCCCC2CCl)n(CC)n1. The van der Waals surface area contributed by atoms with Crippen LogP contribution in [0.4, 0.5) is 0 Å². The molecular weight excluding hydrogens is 270 g/mol. The van der Waals surface area contributed by atoms with Gasteiger partial charge in [0.25, 0.3) is 0 Å². The second-order valence-electron chi connectivity index (χ2n) is 5.89. The molecule has 1 heterocycles. The van der Waals surface area contributed by atoms with Gasteiger partial charge in [0, 0.05) is 19.0 Å². The number of nitrogens with one attached hydrogen (secondary N) is 1. The van der Waals surface area contributed by atoms with Gasteiger partial charge in [0.05, 0.1) is 11.4 Å². The van der Waals surface area contributed by atoms with Gasteiger partial charge in [0.2, 0.25) is 0 Å². The van der Waals surface area contributed by atoms with Gasteiger partial charge in [-0.2, -0.15) is 5.10 Å². The normalized spacial score (nSPS) is 23.1. The summed E-state index contributed by atoms with van der Waals surface area (Å²) in [5.74, 6) is 2.28. The Hall–Kier alpha value is -0.540. The maximum Gasteiger partial charge on any atom is 0.0625 e. The number of aromatic nitrogens is 2. The van der Waals surface area contributed by atoms with Gasteiger partial charge >= 0.3 is 0 Å². The summed E-state index contributed by atoms with van der Waals surface area (Å²) < 4.78 is 2.12. The van der Waals surface area contributed by atoms with Crippen molar-refractivity contribution < 1.29 is 0 Å². The molecule has 114 valence electrons. The van der Waals surface area contributed by atoms with E-state index in [0.717, 1.165) is 37.9 Å². The lowest BCUT2D eigenvalue weighted by Crippen LogP contribution is -2.31. The summed E-state index contributed by atoms with van der Waals surface area (Å²) >= 11 is 6.10. The second-order valence-corrected chi connectivity index (χ2v) is 6.19. The van der Waals surface area contributed by atoms with Gasteiger partial charge in [-0.05, 0) is 50.6 Å². The van der Waals surface area contributed by atoms with Crippen molar-refractivity contribution in [3.8, 4) is 0 Å². The fraction of sp³-hybridized carbons (Fsp3) is 0.812. The van der Waals surface area contributed by atoms with Gasteiger partial charge < -0.3 is 5.32 Å².